The molecule has 0 saturated heterocycles. The molecule has 17 heavy (non-hydrogen) atoms. The monoisotopic (exact) mass is 235 g/mol. The molecule has 0 aromatic heterocycles. The summed E-state index contributed by atoms with van der Waals surface area (Å²) in [5.74, 6) is 0.586. The first-order valence-corrected chi connectivity index (χ1v) is 6.33. The van der Waals surface area contributed by atoms with E-state index in [9.17, 15) is 0 Å². The highest BCUT2D eigenvalue weighted by molar-refractivity contribution is 5.32. The predicted molar refractivity (Wildman–Crippen MR) is 68.0 cm³/mol. The van der Waals surface area contributed by atoms with Gasteiger partial charge in [-0.25, -0.2) is 5.48 Å². The third kappa shape index (κ3) is 3.53. The van der Waals surface area contributed by atoms with Crippen molar-refractivity contribution in [2.45, 2.75) is 25.2 Å². The molecule has 0 heterocycles. The minimum Gasteiger partial charge on any atom is -0.382 e. The maximum atomic E-state index is 5.32. The van der Waals surface area contributed by atoms with E-state index in [-0.39, 0.29) is 0 Å². The van der Waals surface area contributed by atoms with Crippen LogP contribution < -0.4 is 5.48 Å². The van der Waals surface area contributed by atoms with Crippen LogP contribution in [0.3, 0.4) is 0 Å². The van der Waals surface area contributed by atoms with Gasteiger partial charge < -0.3 is 4.74 Å². The van der Waals surface area contributed by atoms with Crippen molar-refractivity contribution in [1.82, 2.24) is 5.48 Å². The fraction of sp³-hybridized carbons (Fsp3) is 0.571. The molecule has 1 unspecified atom stereocenters. The minimum absolute atomic E-state index is 0.586. The van der Waals surface area contributed by atoms with Crippen LogP contribution in [-0.2, 0) is 16.0 Å². The molecule has 0 bridgehead atoms. The van der Waals surface area contributed by atoms with Crippen LogP contribution in [0.15, 0.2) is 24.3 Å². The van der Waals surface area contributed by atoms with E-state index in [1.54, 1.807) is 7.11 Å². The first kappa shape index (κ1) is 12.6. The summed E-state index contributed by atoms with van der Waals surface area (Å²) in [6.45, 7) is 2.12. The number of methoxy groups -OCH3 is 1. The molecular weight excluding hydrogens is 214 g/mol. The predicted octanol–water partition coefficient (Wildman–Crippen LogP) is 2.27. The molecule has 3 nitrogen and oxygen atoms in total. The Hall–Kier alpha value is -0.900. The third-order valence-corrected chi connectivity index (χ3v) is 3.31. The quantitative estimate of drug-likeness (QED) is 0.606. The number of hydroxylamine groups is 1. The second kappa shape index (κ2) is 6.74. The highest BCUT2D eigenvalue weighted by atomic mass is 16.7. The standard InChI is InChI=1S/C14H21NO2/c1-16-9-10-17-15-11-13-7-4-6-12-5-2-3-8-14(12)13/h2-3,5,8,13,15H,4,6-7,9-11H2,1H3. The Balaban J connectivity index is 1.82. The van der Waals surface area contributed by atoms with Gasteiger partial charge in [0.1, 0.15) is 0 Å². The molecule has 0 radical (unpaired) electrons. The Morgan fingerprint density at radius 1 is 1.29 bits per heavy atom. The van der Waals surface area contributed by atoms with E-state index in [1.165, 1.54) is 30.4 Å². The molecule has 1 N–H and O–H groups in total. The average molecular weight is 235 g/mol. The summed E-state index contributed by atoms with van der Waals surface area (Å²) in [5.41, 5.74) is 6.04. The number of rotatable bonds is 6. The Morgan fingerprint density at radius 2 is 2.18 bits per heavy atom. The van der Waals surface area contributed by atoms with Crippen LogP contribution >= 0.6 is 0 Å². The lowest BCUT2D eigenvalue weighted by atomic mass is 9.83. The van der Waals surface area contributed by atoms with Crippen molar-refractivity contribution in [2.24, 2.45) is 0 Å². The van der Waals surface area contributed by atoms with Gasteiger partial charge in [-0.2, -0.15) is 0 Å². The molecule has 0 amide bonds. The molecule has 1 aromatic rings. The van der Waals surface area contributed by atoms with Gasteiger partial charge in [0.05, 0.1) is 13.2 Å². The summed E-state index contributed by atoms with van der Waals surface area (Å²) in [6, 6.07) is 8.75. The molecule has 0 fully saturated rings. The van der Waals surface area contributed by atoms with Crippen LogP contribution in [0.5, 0.6) is 0 Å². The van der Waals surface area contributed by atoms with Crippen LogP contribution in [-0.4, -0.2) is 26.9 Å². The molecule has 1 aliphatic carbocycles. The van der Waals surface area contributed by atoms with Gasteiger partial charge in [-0.3, -0.25) is 4.84 Å². The Kier molecular flexibility index (Phi) is 4.98. The van der Waals surface area contributed by atoms with E-state index in [0.717, 1.165) is 6.54 Å². The van der Waals surface area contributed by atoms with E-state index in [4.69, 9.17) is 9.57 Å². The van der Waals surface area contributed by atoms with E-state index < -0.39 is 0 Å². The number of nitrogens with one attached hydrogen (secondary N) is 1. The Labute approximate surface area is 103 Å². The maximum absolute atomic E-state index is 5.32. The topological polar surface area (TPSA) is 30.5 Å². The van der Waals surface area contributed by atoms with E-state index in [0.29, 0.717) is 19.1 Å². The van der Waals surface area contributed by atoms with Crippen molar-refractivity contribution in [3.8, 4) is 0 Å². The normalized spacial score (nSPS) is 19.0. The maximum Gasteiger partial charge on any atom is 0.0915 e. The Bertz CT molecular complexity index is 341. The molecular formula is C14H21NO2. The molecule has 0 aliphatic heterocycles. The minimum atomic E-state index is 0.586. The highest BCUT2D eigenvalue weighted by Gasteiger charge is 2.19. The summed E-state index contributed by atoms with van der Waals surface area (Å²) in [4.78, 5) is 5.32. The second-order valence-corrected chi connectivity index (χ2v) is 4.48. The first-order chi connectivity index (χ1) is 8.42. The SMILES string of the molecule is COCCONCC1CCCc2ccccc21. The number of aryl methyl sites for hydroxylation is 1. The van der Waals surface area contributed by atoms with Gasteiger partial charge >= 0.3 is 0 Å². The average Bonchev–Trinajstić information content (AvgIpc) is 2.39. The van der Waals surface area contributed by atoms with Gasteiger partial charge in [0.25, 0.3) is 0 Å². The lowest BCUT2D eigenvalue weighted by molar-refractivity contribution is 0.00395. The van der Waals surface area contributed by atoms with Crippen molar-refractivity contribution >= 4 is 0 Å². The van der Waals surface area contributed by atoms with Crippen molar-refractivity contribution in [1.29, 1.82) is 0 Å². The van der Waals surface area contributed by atoms with Crippen molar-refractivity contribution in [3.63, 3.8) is 0 Å². The zero-order valence-electron chi connectivity index (χ0n) is 10.4. The van der Waals surface area contributed by atoms with E-state index in [1.807, 2.05) is 0 Å². The summed E-state index contributed by atoms with van der Waals surface area (Å²) >= 11 is 0. The molecule has 94 valence electrons. The van der Waals surface area contributed by atoms with Crippen LogP contribution in [0.4, 0.5) is 0 Å². The summed E-state index contributed by atoms with van der Waals surface area (Å²) < 4.78 is 4.93. The van der Waals surface area contributed by atoms with Gasteiger partial charge in [-0.1, -0.05) is 24.3 Å². The third-order valence-electron chi connectivity index (χ3n) is 3.31. The Morgan fingerprint density at radius 3 is 3.06 bits per heavy atom. The molecule has 2 rings (SSSR count). The summed E-state index contributed by atoms with van der Waals surface area (Å²) in [5, 5.41) is 0. The number of ether oxygens (including phenoxy) is 1. The van der Waals surface area contributed by atoms with Gasteiger partial charge in [0.2, 0.25) is 0 Å². The summed E-state index contributed by atoms with van der Waals surface area (Å²) in [7, 11) is 1.68. The first-order valence-electron chi connectivity index (χ1n) is 6.33. The van der Waals surface area contributed by atoms with Crippen LogP contribution in [0, 0.1) is 0 Å². The number of hydrogen-bond acceptors (Lipinski definition) is 3. The lowest BCUT2D eigenvalue weighted by Gasteiger charge is -2.25. The molecule has 0 spiro atoms. The van der Waals surface area contributed by atoms with Crippen LogP contribution in [0.25, 0.3) is 0 Å². The molecule has 0 saturated carbocycles. The largest absolute Gasteiger partial charge is 0.382 e. The highest BCUT2D eigenvalue weighted by Crippen LogP contribution is 2.30. The van der Waals surface area contributed by atoms with Crippen molar-refractivity contribution in [3.05, 3.63) is 35.4 Å². The van der Waals surface area contributed by atoms with Crippen molar-refractivity contribution in [2.75, 3.05) is 26.9 Å². The molecule has 3 heteroatoms. The van der Waals surface area contributed by atoms with Gasteiger partial charge in [0.15, 0.2) is 0 Å². The number of benzene rings is 1. The molecule has 1 atom stereocenters. The van der Waals surface area contributed by atoms with Crippen molar-refractivity contribution < 1.29 is 9.57 Å². The number of fused-ring (bicyclic) bond motifs is 1. The van der Waals surface area contributed by atoms with E-state index in [2.05, 4.69) is 29.7 Å². The van der Waals surface area contributed by atoms with Gasteiger partial charge in [-0.05, 0) is 36.3 Å². The van der Waals surface area contributed by atoms with Crippen LogP contribution in [0.2, 0.25) is 0 Å². The molecule has 1 aromatic carbocycles. The second-order valence-electron chi connectivity index (χ2n) is 4.48. The van der Waals surface area contributed by atoms with Gasteiger partial charge in [0, 0.05) is 13.7 Å². The fourth-order valence-corrected chi connectivity index (χ4v) is 2.42. The van der Waals surface area contributed by atoms with E-state index >= 15 is 0 Å². The molecule has 1 aliphatic rings. The zero-order chi connectivity index (χ0) is 11.9. The zero-order valence-corrected chi connectivity index (χ0v) is 10.4. The fourth-order valence-electron chi connectivity index (χ4n) is 2.42. The summed E-state index contributed by atoms with van der Waals surface area (Å²) in [6.07, 6.45) is 3.75. The number of hydrogen-bond donors (Lipinski definition) is 1. The lowest BCUT2D eigenvalue weighted by Crippen LogP contribution is -2.25. The van der Waals surface area contributed by atoms with Crippen LogP contribution in [0.1, 0.15) is 29.9 Å². The smallest absolute Gasteiger partial charge is 0.0915 e. The van der Waals surface area contributed by atoms with Gasteiger partial charge in [-0.15, -0.1) is 0 Å².